The van der Waals surface area contributed by atoms with Gasteiger partial charge in [-0.25, -0.2) is 0 Å². The minimum Gasteiger partial charge on any atom is -0.325 e. The predicted molar refractivity (Wildman–Crippen MR) is 80.0 cm³/mol. The van der Waals surface area contributed by atoms with Gasteiger partial charge in [0.2, 0.25) is 5.91 Å². The van der Waals surface area contributed by atoms with Crippen molar-refractivity contribution in [2.24, 2.45) is 11.7 Å². The van der Waals surface area contributed by atoms with E-state index in [0.29, 0.717) is 12.3 Å². The zero-order chi connectivity index (χ0) is 13.8. The highest BCUT2D eigenvalue weighted by Crippen LogP contribution is 2.19. The van der Waals surface area contributed by atoms with Crippen LogP contribution in [0.2, 0.25) is 0 Å². The van der Waals surface area contributed by atoms with Crippen LogP contribution in [0.15, 0.2) is 42.5 Å². The van der Waals surface area contributed by atoms with Gasteiger partial charge in [-0.05, 0) is 35.2 Å². The third-order valence-electron chi connectivity index (χ3n) is 3.08. The first-order valence-corrected chi connectivity index (χ1v) is 6.61. The van der Waals surface area contributed by atoms with Gasteiger partial charge in [-0.2, -0.15) is 0 Å². The minimum atomic E-state index is -0.452. The molecule has 2 rings (SSSR count). The Labute approximate surface area is 113 Å². The summed E-state index contributed by atoms with van der Waals surface area (Å²) in [5, 5.41) is 5.14. The van der Waals surface area contributed by atoms with Crippen molar-refractivity contribution >= 4 is 22.4 Å². The van der Waals surface area contributed by atoms with Crippen molar-refractivity contribution in [1.82, 2.24) is 0 Å². The number of anilines is 1. The Balaban J connectivity index is 2.10. The zero-order valence-electron chi connectivity index (χ0n) is 11.4. The quantitative estimate of drug-likeness (QED) is 0.883. The van der Waals surface area contributed by atoms with Crippen molar-refractivity contribution in [3.05, 3.63) is 42.5 Å². The number of nitrogens with one attached hydrogen (secondary N) is 1. The molecule has 1 unspecified atom stereocenters. The van der Waals surface area contributed by atoms with E-state index >= 15 is 0 Å². The molecule has 0 bridgehead atoms. The molecule has 0 aromatic heterocycles. The van der Waals surface area contributed by atoms with E-state index in [0.717, 1.165) is 16.5 Å². The second-order valence-corrected chi connectivity index (χ2v) is 5.29. The second-order valence-electron chi connectivity index (χ2n) is 5.29. The van der Waals surface area contributed by atoms with Crippen molar-refractivity contribution < 1.29 is 4.79 Å². The van der Waals surface area contributed by atoms with E-state index in [9.17, 15) is 4.79 Å². The van der Waals surface area contributed by atoms with Gasteiger partial charge >= 0.3 is 0 Å². The Kier molecular flexibility index (Phi) is 4.17. The van der Waals surface area contributed by atoms with Crippen LogP contribution in [0.4, 0.5) is 5.69 Å². The molecule has 0 spiro atoms. The highest BCUT2D eigenvalue weighted by molar-refractivity contribution is 5.97. The minimum absolute atomic E-state index is 0.121. The summed E-state index contributed by atoms with van der Waals surface area (Å²) in [7, 11) is 0. The number of rotatable bonds is 4. The molecule has 0 aliphatic carbocycles. The first-order chi connectivity index (χ1) is 9.06. The molecule has 0 saturated carbocycles. The molecule has 1 amide bonds. The lowest BCUT2D eigenvalue weighted by atomic mass is 10.0. The van der Waals surface area contributed by atoms with Crippen LogP contribution in [0.5, 0.6) is 0 Å². The molecular formula is C16H20N2O. The number of carbonyl (C=O) groups is 1. The largest absolute Gasteiger partial charge is 0.325 e. The number of hydrogen-bond donors (Lipinski definition) is 2. The molecule has 0 saturated heterocycles. The topological polar surface area (TPSA) is 55.1 Å². The Bertz CT molecular complexity index is 578. The number of hydrogen-bond acceptors (Lipinski definition) is 2. The van der Waals surface area contributed by atoms with Crippen LogP contribution in [0.25, 0.3) is 10.8 Å². The molecule has 3 heteroatoms. The van der Waals surface area contributed by atoms with Gasteiger partial charge in [0.05, 0.1) is 6.04 Å². The maximum atomic E-state index is 11.9. The van der Waals surface area contributed by atoms with Gasteiger partial charge in [-0.3, -0.25) is 4.79 Å². The normalized spacial score (nSPS) is 12.6. The smallest absolute Gasteiger partial charge is 0.241 e. The summed E-state index contributed by atoms with van der Waals surface area (Å²) in [5.74, 6) is 0.293. The molecule has 100 valence electrons. The molecule has 1 atom stereocenters. The van der Waals surface area contributed by atoms with E-state index in [1.165, 1.54) is 0 Å². The lowest BCUT2D eigenvalue weighted by Crippen LogP contribution is -2.36. The van der Waals surface area contributed by atoms with Crippen LogP contribution >= 0.6 is 0 Å². The van der Waals surface area contributed by atoms with E-state index in [1.807, 2.05) is 42.5 Å². The Morgan fingerprint density at radius 2 is 1.84 bits per heavy atom. The number of nitrogens with two attached hydrogens (primary N) is 1. The molecule has 0 fully saturated rings. The molecule has 2 aromatic carbocycles. The molecule has 19 heavy (non-hydrogen) atoms. The van der Waals surface area contributed by atoms with Gasteiger partial charge in [0.1, 0.15) is 0 Å². The third-order valence-corrected chi connectivity index (χ3v) is 3.08. The van der Waals surface area contributed by atoms with Gasteiger partial charge in [-0.1, -0.05) is 44.2 Å². The molecule has 0 radical (unpaired) electrons. The molecule has 3 nitrogen and oxygen atoms in total. The van der Waals surface area contributed by atoms with E-state index < -0.39 is 6.04 Å². The summed E-state index contributed by atoms with van der Waals surface area (Å²) >= 11 is 0. The van der Waals surface area contributed by atoms with Crippen LogP contribution in [-0.4, -0.2) is 11.9 Å². The van der Waals surface area contributed by atoms with Crippen molar-refractivity contribution in [2.75, 3.05) is 5.32 Å². The molecule has 0 aliphatic heterocycles. The fourth-order valence-electron chi connectivity index (χ4n) is 2.12. The van der Waals surface area contributed by atoms with Crippen molar-refractivity contribution in [3.63, 3.8) is 0 Å². The summed E-state index contributed by atoms with van der Waals surface area (Å²) in [6, 6.07) is 13.5. The Morgan fingerprint density at radius 3 is 2.53 bits per heavy atom. The fraction of sp³-hybridized carbons (Fsp3) is 0.312. The summed E-state index contributed by atoms with van der Waals surface area (Å²) in [6.45, 7) is 4.12. The average molecular weight is 256 g/mol. The predicted octanol–water partition coefficient (Wildman–Crippen LogP) is 3.15. The van der Waals surface area contributed by atoms with Gasteiger partial charge in [-0.15, -0.1) is 0 Å². The van der Waals surface area contributed by atoms with Crippen LogP contribution < -0.4 is 11.1 Å². The zero-order valence-corrected chi connectivity index (χ0v) is 11.4. The standard InChI is InChI=1S/C16H20N2O/c1-11(2)9-15(17)16(19)18-14-8-7-12-5-3-4-6-13(12)10-14/h3-8,10-11,15H,9,17H2,1-2H3,(H,18,19). The van der Waals surface area contributed by atoms with Crippen LogP contribution in [0.3, 0.4) is 0 Å². The fourth-order valence-corrected chi connectivity index (χ4v) is 2.12. The van der Waals surface area contributed by atoms with E-state index in [2.05, 4.69) is 19.2 Å². The van der Waals surface area contributed by atoms with Crippen molar-refractivity contribution in [3.8, 4) is 0 Å². The van der Waals surface area contributed by atoms with E-state index in [-0.39, 0.29) is 5.91 Å². The first-order valence-electron chi connectivity index (χ1n) is 6.61. The summed E-state index contributed by atoms with van der Waals surface area (Å²) in [5.41, 5.74) is 6.66. The summed E-state index contributed by atoms with van der Waals surface area (Å²) < 4.78 is 0. The molecule has 2 aromatic rings. The molecule has 0 aliphatic rings. The molecular weight excluding hydrogens is 236 g/mol. The maximum Gasteiger partial charge on any atom is 0.241 e. The number of amides is 1. The van der Waals surface area contributed by atoms with Crippen LogP contribution in [0.1, 0.15) is 20.3 Å². The number of fused-ring (bicyclic) bond motifs is 1. The SMILES string of the molecule is CC(C)CC(N)C(=O)Nc1ccc2ccccc2c1. The lowest BCUT2D eigenvalue weighted by molar-refractivity contribution is -0.117. The second kappa shape index (κ2) is 5.85. The highest BCUT2D eigenvalue weighted by Gasteiger charge is 2.14. The van der Waals surface area contributed by atoms with Crippen molar-refractivity contribution in [1.29, 1.82) is 0 Å². The number of carbonyl (C=O) groups excluding carboxylic acids is 1. The average Bonchev–Trinajstić information content (AvgIpc) is 2.37. The van der Waals surface area contributed by atoms with E-state index in [1.54, 1.807) is 0 Å². The summed E-state index contributed by atoms with van der Waals surface area (Å²) in [6.07, 6.45) is 0.694. The van der Waals surface area contributed by atoms with Gasteiger partial charge in [0.25, 0.3) is 0 Å². The van der Waals surface area contributed by atoms with Crippen LogP contribution in [0, 0.1) is 5.92 Å². The maximum absolute atomic E-state index is 11.9. The highest BCUT2D eigenvalue weighted by atomic mass is 16.2. The Hall–Kier alpha value is -1.87. The first kappa shape index (κ1) is 13.6. The van der Waals surface area contributed by atoms with Crippen molar-refractivity contribution in [2.45, 2.75) is 26.3 Å². The lowest BCUT2D eigenvalue weighted by Gasteiger charge is -2.14. The van der Waals surface area contributed by atoms with Gasteiger partial charge in [0.15, 0.2) is 0 Å². The number of benzene rings is 2. The molecule has 0 heterocycles. The van der Waals surface area contributed by atoms with Crippen LogP contribution in [-0.2, 0) is 4.79 Å². The van der Waals surface area contributed by atoms with E-state index in [4.69, 9.17) is 5.73 Å². The van der Waals surface area contributed by atoms with Gasteiger partial charge in [0, 0.05) is 5.69 Å². The summed E-state index contributed by atoms with van der Waals surface area (Å²) in [4.78, 5) is 11.9. The molecule has 3 N–H and O–H groups in total. The Morgan fingerprint density at radius 1 is 1.16 bits per heavy atom. The van der Waals surface area contributed by atoms with Gasteiger partial charge < -0.3 is 11.1 Å². The monoisotopic (exact) mass is 256 g/mol. The third kappa shape index (κ3) is 3.55.